The molecule has 0 aromatic carbocycles. The monoisotopic (exact) mass is 826 g/mol. The number of carbonyl (C=O) groups excluding carboxylic acids is 3. The second-order valence-corrected chi connectivity index (χ2v) is 18.5. The molecule has 2 saturated heterocycles. The Morgan fingerprint density at radius 1 is 0.661 bits per heavy atom. The number of carboxylic acids is 1. The number of piperidine rings is 1. The normalized spacial score (nSPS) is 19.7. The summed E-state index contributed by atoms with van der Waals surface area (Å²) < 4.78 is 16.4. The molecule has 2 saturated carbocycles. The van der Waals surface area contributed by atoms with Crippen molar-refractivity contribution in [3.8, 4) is 0 Å². The molecular formula is C44H71N7O8. The maximum absolute atomic E-state index is 12.8. The molecule has 4 fully saturated rings. The number of rotatable bonds is 16. The van der Waals surface area contributed by atoms with Crippen molar-refractivity contribution in [3.05, 3.63) is 23.4 Å². The molecule has 6 rings (SSSR count). The molecule has 2 aliphatic heterocycles. The summed E-state index contributed by atoms with van der Waals surface area (Å²) in [4.78, 5) is 63.5. The summed E-state index contributed by atoms with van der Waals surface area (Å²) in [5, 5.41) is 17.1. The van der Waals surface area contributed by atoms with Gasteiger partial charge in [0.2, 0.25) is 11.8 Å². The van der Waals surface area contributed by atoms with Crippen molar-refractivity contribution in [1.82, 2.24) is 35.0 Å². The van der Waals surface area contributed by atoms with Crippen LogP contribution >= 0.6 is 0 Å². The van der Waals surface area contributed by atoms with E-state index in [1.54, 1.807) is 9.80 Å². The van der Waals surface area contributed by atoms with E-state index in [9.17, 15) is 24.3 Å². The molecule has 15 nitrogen and oxygen atoms in total. The average molecular weight is 826 g/mol. The minimum absolute atomic E-state index is 0.0375. The topological polar surface area (TPSA) is 185 Å². The van der Waals surface area contributed by atoms with Crippen LogP contribution in [0.1, 0.15) is 200 Å². The Labute approximate surface area is 350 Å². The number of carbonyl (C=O) groups is 4. The van der Waals surface area contributed by atoms with E-state index in [1.165, 1.54) is 64.2 Å². The lowest BCUT2D eigenvalue weighted by Gasteiger charge is -2.31. The zero-order chi connectivity index (χ0) is 42.2. The Kier molecular flexibility index (Phi) is 18.2. The maximum atomic E-state index is 12.8. The third-order valence-electron chi connectivity index (χ3n) is 12.4. The Hall–Kier alpha value is -3.88. The standard InChI is InChI=1S/C24H40N4O4.C20H31N3O4/c1-24(2,3)31-20(29)17-19(12-8-11-18-9-6-5-7-10-18)22-25-21(26-32-22)23(30)28-15-13-27(4)14-16-28;24-17(25)14-16(11-7-10-15-8-3-1-4-9-15)19-21-18(22-27-19)20(26)23-12-5-2-6-13-23/h18-19H,5-17H2,1-4H3;15-16H,1-14H2,(H,24,25)/t19-;16-/m11/s1. The van der Waals surface area contributed by atoms with Crippen molar-refractivity contribution >= 4 is 23.8 Å². The fourth-order valence-corrected chi connectivity index (χ4v) is 9.04. The first-order valence-corrected chi connectivity index (χ1v) is 22.7. The van der Waals surface area contributed by atoms with Gasteiger partial charge in [0.15, 0.2) is 0 Å². The van der Waals surface area contributed by atoms with Crippen LogP contribution in [0.4, 0.5) is 0 Å². The smallest absolute Gasteiger partial charge is 0.307 e. The Balaban J connectivity index is 0.000000227. The van der Waals surface area contributed by atoms with Crippen LogP contribution in [0, 0.1) is 11.8 Å². The molecule has 59 heavy (non-hydrogen) atoms. The van der Waals surface area contributed by atoms with Crippen molar-refractivity contribution in [2.45, 2.75) is 173 Å². The number of hydrogen-bond acceptors (Lipinski definition) is 12. The molecule has 4 heterocycles. The van der Waals surface area contributed by atoms with Crippen molar-refractivity contribution in [2.24, 2.45) is 11.8 Å². The van der Waals surface area contributed by atoms with Crippen LogP contribution in [0.2, 0.25) is 0 Å². The van der Waals surface area contributed by atoms with Crippen LogP contribution in [0.15, 0.2) is 9.05 Å². The largest absolute Gasteiger partial charge is 0.481 e. The summed E-state index contributed by atoms with van der Waals surface area (Å²) in [5.41, 5.74) is -0.541. The number of amides is 2. The molecule has 0 spiro atoms. The molecule has 0 bridgehead atoms. The van der Waals surface area contributed by atoms with Gasteiger partial charge in [0.25, 0.3) is 23.5 Å². The number of esters is 1. The van der Waals surface area contributed by atoms with Crippen LogP contribution in [0.5, 0.6) is 0 Å². The van der Waals surface area contributed by atoms with Crippen LogP contribution in [0.25, 0.3) is 0 Å². The first kappa shape index (κ1) is 46.2. The SMILES string of the molecule is CN1CCN(C(=O)c2noc([C@H](CCCC3CCCCC3)CC(=O)OC(C)(C)C)n2)CC1.O=C(O)C[C@@H](CCCC1CCCCC1)c1nc(C(=O)N2CCCCC2)no1. The lowest BCUT2D eigenvalue weighted by atomic mass is 9.84. The predicted molar refractivity (Wildman–Crippen MR) is 221 cm³/mol. The number of carboxylic acid groups (broad SMARTS) is 1. The van der Waals surface area contributed by atoms with E-state index < -0.39 is 11.6 Å². The maximum Gasteiger partial charge on any atom is 0.307 e. The minimum Gasteiger partial charge on any atom is -0.481 e. The van der Waals surface area contributed by atoms with E-state index in [2.05, 4.69) is 25.2 Å². The molecule has 15 heteroatoms. The van der Waals surface area contributed by atoms with E-state index in [0.29, 0.717) is 31.3 Å². The second kappa shape index (κ2) is 23.2. The number of aromatic nitrogens is 4. The summed E-state index contributed by atoms with van der Waals surface area (Å²) in [6, 6.07) is 0. The van der Waals surface area contributed by atoms with Crippen LogP contribution in [0.3, 0.4) is 0 Å². The van der Waals surface area contributed by atoms with Gasteiger partial charge < -0.3 is 33.6 Å². The van der Waals surface area contributed by atoms with E-state index in [1.807, 2.05) is 27.8 Å². The lowest BCUT2D eigenvalue weighted by Crippen LogP contribution is -2.47. The molecule has 2 aromatic heterocycles. The quantitative estimate of drug-likeness (QED) is 0.161. The Bertz CT molecular complexity index is 1600. The molecule has 4 aliphatic rings. The number of aliphatic carboxylic acids is 1. The number of nitrogens with zero attached hydrogens (tertiary/aromatic N) is 7. The highest BCUT2D eigenvalue weighted by Gasteiger charge is 2.31. The summed E-state index contributed by atoms with van der Waals surface area (Å²) in [6.07, 6.45) is 22.2. The van der Waals surface area contributed by atoms with E-state index in [4.69, 9.17) is 13.8 Å². The molecule has 2 amide bonds. The van der Waals surface area contributed by atoms with Gasteiger partial charge in [0.05, 0.1) is 12.8 Å². The van der Waals surface area contributed by atoms with Crippen molar-refractivity contribution in [1.29, 1.82) is 0 Å². The van der Waals surface area contributed by atoms with Gasteiger partial charge in [-0.1, -0.05) is 100 Å². The number of piperazine rings is 1. The molecule has 330 valence electrons. The van der Waals surface area contributed by atoms with Crippen LogP contribution in [-0.2, 0) is 14.3 Å². The fraction of sp³-hybridized carbons (Fsp3) is 0.818. The minimum atomic E-state index is -0.875. The second-order valence-electron chi connectivity index (χ2n) is 18.5. The summed E-state index contributed by atoms with van der Waals surface area (Å²) in [6.45, 7) is 10.0. The van der Waals surface area contributed by atoms with Gasteiger partial charge in [-0.2, -0.15) is 9.97 Å². The number of likely N-dealkylation sites (tertiary alicyclic amines) is 1. The third-order valence-corrected chi connectivity index (χ3v) is 12.4. The van der Waals surface area contributed by atoms with Gasteiger partial charge in [0.1, 0.15) is 5.60 Å². The van der Waals surface area contributed by atoms with Gasteiger partial charge >= 0.3 is 11.9 Å². The number of ether oxygens (including phenoxy) is 1. The van der Waals surface area contributed by atoms with E-state index in [0.717, 1.165) is 89.4 Å². The van der Waals surface area contributed by atoms with E-state index >= 15 is 0 Å². The molecule has 0 radical (unpaired) electrons. The summed E-state index contributed by atoms with van der Waals surface area (Å²) in [7, 11) is 2.04. The highest BCUT2D eigenvalue weighted by Crippen LogP contribution is 2.33. The summed E-state index contributed by atoms with van der Waals surface area (Å²) >= 11 is 0. The molecule has 2 atom stereocenters. The third kappa shape index (κ3) is 15.6. The van der Waals surface area contributed by atoms with Crippen molar-refractivity contribution < 1.29 is 38.1 Å². The Morgan fingerprint density at radius 3 is 1.56 bits per heavy atom. The molecule has 2 aromatic rings. The zero-order valence-electron chi connectivity index (χ0n) is 36.3. The van der Waals surface area contributed by atoms with Crippen molar-refractivity contribution in [2.75, 3.05) is 46.3 Å². The molecule has 0 unspecified atom stereocenters. The fourth-order valence-electron chi connectivity index (χ4n) is 9.04. The van der Waals surface area contributed by atoms with Gasteiger partial charge in [-0.25, -0.2) is 0 Å². The first-order valence-electron chi connectivity index (χ1n) is 22.7. The Morgan fingerprint density at radius 2 is 1.10 bits per heavy atom. The molecule has 2 aliphatic carbocycles. The zero-order valence-corrected chi connectivity index (χ0v) is 36.3. The van der Waals surface area contributed by atoms with Gasteiger partial charge in [-0.15, -0.1) is 0 Å². The number of likely N-dealkylation sites (N-methyl/N-ethyl adjacent to an activating group) is 1. The van der Waals surface area contributed by atoms with Crippen LogP contribution in [-0.4, -0.2) is 116 Å². The highest BCUT2D eigenvalue weighted by molar-refractivity contribution is 5.90. The van der Waals surface area contributed by atoms with Gasteiger partial charge in [-0.05, 0) is 71.8 Å². The van der Waals surface area contributed by atoms with Gasteiger partial charge in [0, 0.05) is 51.1 Å². The van der Waals surface area contributed by atoms with Crippen molar-refractivity contribution in [3.63, 3.8) is 0 Å². The molecular weight excluding hydrogens is 755 g/mol. The average Bonchev–Trinajstić information content (AvgIpc) is 3.92. The van der Waals surface area contributed by atoms with Crippen LogP contribution < -0.4 is 0 Å². The van der Waals surface area contributed by atoms with Gasteiger partial charge in [-0.3, -0.25) is 19.2 Å². The lowest BCUT2D eigenvalue weighted by molar-refractivity contribution is -0.155. The highest BCUT2D eigenvalue weighted by atomic mass is 16.6. The first-order chi connectivity index (χ1) is 28.3. The number of hydrogen-bond donors (Lipinski definition) is 1. The van der Waals surface area contributed by atoms with E-state index in [-0.39, 0.29) is 54.1 Å². The molecule has 1 N–H and O–H groups in total. The summed E-state index contributed by atoms with van der Waals surface area (Å²) in [5.74, 6) is 0.263. The predicted octanol–water partition coefficient (Wildman–Crippen LogP) is 8.03.